The molecule has 7 heteroatoms. The van der Waals surface area contributed by atoms with Crippen LogP contribution in [0.15, 0.2) is 40.9 Å². The SMILES string of the molecule is COc1ccc(-c2noc(CNc3cccc4c3CN(C(C)C(C)C)C4)n2)c(OC)c1. The quantitative estimate of drug-likeness (QED) is 0.563. The van der Waals surface area contributed by atoms with Crippen molar-refractivity contribution in [2.45, 2.75) is 46.4 Å². The zero-order chi connectivity index (χ0) is 22.0. The minimum absolute atomic E-state index is 0.460. The van der Waals surface area contributed by atoms with Crippen LogP contribution in [-0.4, -0.2) is 35.3 Å². The Labute approximate surface area is 183 Å². The molecule has 0 fully saturated rings. The first-order chi connectivity index (χ1) is 15.0. The van der Waals surface area contributed by atoms with E-state index in [9.17, 15) is 0 Å². The molecule has 4 rings (SSSR count). The maximum absolute atomic E-state index is 5.49. The van der Waals surface area contributed by atoms with Crippen LogP contribution < -0.4 is 14.8 Å². The summed E-state index contributed by atoms with van der Waals surface area (Å²) in [6, 6.07) is 12.5. The molecule has 0 saturated heterocycles. The van der Waals surface area contributed by atoms with Crippen LogP contribution in [0.2, 0.25) is 0 Å². The molecule has 0 radical (unpaired) electrons. The molecule has 1 unspecified atom stereocenters. The lowest BCUT2D eigenvalue weighted by Gasteiger charge is -2.27. The predicted molar refractivity (Wildman–Crippen MR) is 120 cm³/mol. The number of ether oxygens (including phenoxy) is 2. The third-order valence-corrected chi connectivity index (χ3v) is 6.10. The van der Waals surface area contributed by atoms with Crippen molar-refractivity contribution in [1.29, 1.82) is 0 Å². The normalized spacial score (nSPS) is 14.5. The number of hydrogen-bond donors (Lipinski definition) is 1. The Hall–Kier alpha value is -3.06. The van der Waals surface area contributed by atoms with Crippen LogP contribution in [0.1, 0.15) is 37.8 Å². The van der Waals surface area contributed by atoms with Gasteiger partial charge in [0.15, 0.2) is 0 Å². The molecule has 1 N–H and O–H groups in total. The average molecular weight is 423 g/mol. The van der Waals surface area contributed by atoms with Gasteiger partial charge in [-0.05, 0) is 42.2 Å². The molecule has 0 bridgehead atoms. The second kappa shape index (κ2) is 8.98. The van der Waals surface area contributed by atoms with Crippen molar-refractivity contribution >= 4 is 5.69 Å². The second-order valence-electron chi connectivity index (χ2n) is 8.26. The van der Waals surface area contributed by atoms with Crippen LogP contribution in [0.25, 0.3) is 11.4 Å². The maximum atomic E-state index is 5.49. The zero-order valence-electron chi connectivity index (χ0n) is 18.8. The van der Waals surface area contributed by atoms with Gasteiger partial charge in [-0.25, -0.2) is 0 Å². The summed E-state index contributed by atoms with van der Waals surface area (Å²) in [5.74, 6) is 2.99. The van der Waals surface area contributed by atoms with E-state index in [-0.39, 0.29) is 0 Å². The van der Waals surface area contributed by atoms with E-state index in [0.29, 0.717) is 41.7 Å². The number of nitrogens with zero attached hydrogens (tertiary/aromatic N) is 3. The first-order valence-corrected chi connectivity index (χ1v) is 10.6. The molecule has 1 aliphatic rings. The number of nitrogens with one attached hydrogen (secondary N) is 1. The molecule has 0 aliphatic carbocycles. The lowest BCUT2D eigenvalue weighted by Crippen LogP contribution is -2.32. The van der Waals surface area contributed by atoms with Gasteiger partial charge in [0.25, 0.3) is 0 Å². The van der Waals surface area contributed by atoms with E-state index in [2.05, 4.69) is 59.3 Å². The highest BCUT2D eigenvalue weighted by molar-refractivity contribution is 5.65. The van der Waals surface area contributed by atoms with Crippen LogP contribution in [0.5, 0.6) is 11.5 Å². The number of anilines is 1. The Morgan fingerprint density at radius 3 is 2.68 bits per heavy atom. The van der Waals surface area contributed by atoms with Crippen molar-refractivity contribution in [3.8, 4) is 22.9 Å². The molecule has 0 spiro atoms. The Morgan fingerprint density at radius 2 is 1.94 bits per heavy atom. The Kier molecular flexibility index (Phi) is 6.13. The van der Waals surface area contributed by atoms with Crippen molar-refractivity contribution in [2.75, 3.05) is 19.5 Å². The van der Waals surface area contributed by atoms with Gasteiger partial charge in [-0.15, -0.1) is 0 Å². The highest BCUT2D eigenvalue weighted by atomic mass is 16.5. The van der Waals surface area contributed by atoms with Gasteiger partial charge in [0.2, 0.25) is 11.7 Å². The summed E-state index contributed by atoms with van der Waals surface area (Å²) >= 11 is 0. The van der Waals surface area contributed by atoms with Gasteiger partial charge < -0.3 is 19.3 Å². The largest absolute Gasteiger partial charge is 0.497 e. The number of rotatable bonds is 8. The number of fused-ring (bicyclic) bond motifs is 1. The van der Waals surface area contributed by atoms with Crippen molar-refractivity contribution in [2.24, 2.45) is 5.92 Å². The molecule has 1 aliphatic heterocycles. The fourth-order valence-electron chi connectivity index (χ4n) is 3.91. The number of methoxy groups -OCH3 is 2. The fraction of sp³-hybridized carbons (Fsp3) is 0.417. The number of benzene rings is 2. The van der Waals surface area contributed by atoms with Crippen LogP contribution in [0, 0.1) is 5.92 Å². The minimum atomic E-state index is 0.460. The maximum Gasteiger partial charge on any atom is 0.246 e. The lowest BCUT2D eigenvalue weighted by atomic mass is 10.1. The van der Waals surface area contributed by atoms with Crippen LogP contribution in [-0.2, 0) is 19.6 Å². The molecule has 2 heterocycles. The van der Waals surface area contributed by atoms with E-state index in [1.54, 1.807) is 20.3 Å². The molecule has 1 atom stereocenters. The standard InChI is InChI=1S/C24H30N4O3/c1-15(2)16(3)28-13-17-7-6-8-21(20(17)14-28)25-12-23-26-24(27-31-23)19-10-9-18(29-4)11-22(19)30-5/h6-11,15-16,25H,12-14H2,1-5H3. The molecule has 7 nitrogen and oxygen atoms in total. The summed E-state index contributed by atoms with van der Waals surface area (Å²) < 4.78 is 16.2. The molecule has 164 valence electrons. The first kappa shape index (κ1) is 21.2. The average Bonchev–Trinajstić information content (AvgIpc) is 3.43. The first-order valence-electron chi connectivity index (χ1n) is 10.6. The predicted octanol–water partition coefficient (Wildman–Crippen LogP) is 4.73. The summed E-state index contributed by atoms with van der Waals surface area (Å²) in [4.78, 5) is 7.08. The van der Waals surface area contributed by atoms with Crippen molar-refractivity contribution in [3.63, 3.8) is 0 Å². The highest BCUT2D eigenvalue weighted by Crippen LogP contribution is 2.33. The summed E-state index contributed by atoms with van der Waals surface area (Å²) in [6.45, 7) is 9.26. The van der Waals surface area contributed by atoms with E-state index < -0.39 is 0 Å². The summed E-state index contributed by atoms with van der Waals surface area (Å²) in [7, 11) is 3.23. The van der Waals surface area contributed by atoms with Gasteiger partial charge in [0, 0.05) is 30.9 Å². The molecule has 1 aromatic heterocycles. The van der Waals surface area contributed by atoms with E-state index in [1.807, 2.05) is 12.1 Å². The third kappa shape index (κ3) is 4.37. The van der Waals surface area contributed by atoms with Crippen LogP contribution >= 0.6 is 0 Å². The molecular weight excluding hydrogens is 392 g/mol. The van der Waals surface area contributed by atoms with E-state index in [4.69, 9.17) is 14.0 Å². The smallest absolute Gasteiger partial charge is 0.246 e. The lowest BCUT2D eigenvalue weighted by molar-refractivity contribution is 0.170. The van der Waals surface area contributed by atoms with E-state index in [1.165, 1.54) is 11.1 Å². The second-order valence-corrected chi connectivity index (χ2v) is 8.26. The van der Waals surface area contributed by atoms with Gasteiger partial charge in [0.05, 0.1) is 26.3 Å². The van der Waals surface area contributed by atoms with E-state index in [0.717, 1.165) is 24.3 Å². The van der Waals surface area contributed by atoms with Gasteiger partial charge in [-0.2, -0.15) is 4.98 Å². The highest BCUT2D eigenvalue weighted by Gasteiger charge is 2.26. The molecule has 2 aromatic carbocycles. The minimum Gasteiger partial charge on any atom is -0.497 e. The van der Waals surface area contributed by atoms with E-state index >= 15 is 0 Å². The van der Waals surface area contributed by atoms with Gasteiger partial charge in [-0.1, -0.05) is 31.1 Å². The van der Waals surface area contributed by atoms with Crippen molar-refractivity contribution in [3.05, 3.63) is 53.4 Å². The summed E-state index contributed by atoms with van der Waals surface area (Å²) in [5.41, 5.74) is 4.62. The topological polar surface area (TPSA) is 72.7 Å². The van der Waals surface area contributed by atoms with Crippen LogP contribution in [0.3, 0.4) is 0 Å². The third-order valence-electron chi connectivity index (χ3n) is 6.10. The Morgan fingerprint density at radius 1 is 1.10 bits per heavy atom. The summed E-state index contributed by atoms with van der Waals surface area (Å²) in [5, 5.41) is 7.62. The molecular formula is C24H30N4O3. The molecule has 0 saturated carbocycles. The Bertz CT molecular complexity index is 1050. The fourth-order valence-corrected chi connectivity index (χ4v) is 3.91. The monoisotopic (exact) mass is 422 g/mol. The van der Waals surface area contributed by atoms with Crippen molar-refractivity contribution < 1.29 is 14.0 Å². The number of aromatic nitrogens is 2. The van der Waals surface area contributed by atoms with Crippen molar-refractivity contribution in [1.82, 2.24) is 15.0 Å². The zero-order valence-corrected chi connectivity index (χ0v) is 18.8. The molecule has 0 amide bonds. The van der Waals surface area contributed by atoms with Gasteiger partial charge >= 0.3 is 0 Å². The van der Waals surface area contributed by atoms with Gasteiger partial charge in [-0.3, -0.25) is 4.90 Å². The molecule has 31 heavy (non-hydrogen) atoms. The van der Waals surface area contributed by atoms with Crippen LogP contribution in [0.4, 0.5) is 5.69 Å². The number of hydrogen-bond acceptors (Lipinski definition) is 7. The van der Waals surface area contributed by atoms with Gasteiger partial charge in [0.1, 0.15) is 11.5 Å². The summed E-state index contributed by atoms with van der Waals surface area (Å²) in [6.07, 6.45) is 0. The Balaban J connectivity index is 1.47. The molecule has 3 aromatic rings.